The lowest BCUT2D eigenvalue weighted by Crippen LogP contribution is -2.34. The van der Waals surface area contributed by atoms with Crippen LogP contribution >= 0.6 is 11.6 Å². The van der Waals surface area contributed by atoms with Gasteiger partial charge >= 0.3 is 0 Å². The molecule has 4 nitrogen and oxygen atoms in total. The van der Waals surface area contributed by atoms with Gasteiger partial charge in [-0.2, -0.15) is 4.72 Å². The van der Waals surface area contributed by atoms with Gasteiger partial charge in [0.05, 0.1) is 4.90 Å². The molecule has 1 aromatic rings. The predicted octanol–water partition coefficient (Wildman–Crippen LogP) is 1.75. The molecule has 0 bridgehead atoms. The Bertz CT molecular complexity index is 451. The maximum Gasteiger partial charge on any atom is 0.242 e. The van der Waals surface area contributed by atoms with Crippen LogP contribution in [0, 0.1) is 0 Å². The minimum atomic E-state index is -3.49. The fraction of sp³-hybridized carbons (Fsp3) is 0.400. The van der Waals surface area contributed by atoms with Crippen LogP contribution in [0.3, 0.4) is 0 Å². The first-order valence-electron chi connectivity index (χ1n) is 4.97. The molecule has 1 aliphatic heterocycles. The first kappa shape index (κ1) is 11.9. The van der Waals surface area contributed by atoms with Gasteiger partial charge < -0.3 is 4.74 Å². The summed E-state index contributed by atoms with van der Waals surface area (Å²) in [5.41, 5.74) is 0. The highest BCUT2D eigenvalue weighted by Crippen LogP contribution is 2.16. The molecule has 1 fully saturated rings. The van der Waals surface area contributed by atoms with Crippen molar-refractivity contribution in [1.29, 1.82) is 0 Å². The number of hydrogen-bond donors (Lipinski definition) is 1. The molecule has 1 N–H and O–H groups in total. The van der Waals surface area contributed by atoms with E-state index in [2.05, 4.69) is 4.72 Å². The van der Waals surface area contributed by atoms with Crippen molar-refractivity contribution in [3.8, 4) is 0 Å². The van der Waals surface area contributed by atoms with E-state index in [1.807, 2.05) is 0 Å². The molecule has 1 atom stereocenters. The molecule has 6 heteroatoms. The first-order valence-corrected chi connectivity index (χ1v) is 6.83. The van der Waals surface area contributed by atoms with E-state index in [1.54, 1.807) is 12.1 Å². The van der Waals surface area contributed by atoms with Crippen LogP contribution in [-0.4, -0.2) is 21.3 Å². The number of hydrogen-bond acceptors (Lipinski definition) is 3. The normalized spacial score (nSPS) is 21.2. The fourth-order valence-corrected chi connectivity index (χ4v) is 2.81. The Morgan fingerprint density at radius 3 is 2.56 bits per heavy atom. The van der Waals surface area contributed by atoms with E-state index in [-0.39, 0.29) is 4.90 Å². The predicted molar refractivity (Wildman–Crippen MR) is 60.7 cm³/mol. The van der Waals surface area contributed by atoms with Crippen molar-refractivity contribution in [2.45, 2.75) is 24.0 Å². The highest BCUT2D eigenvalue weighted by molar-refractivity contribution is 7.89. The van der Waals surface area contributed by atoms with Gasteiger partial charge in [0.15, 0.2) is 0 Å². The molecule has 0 spiro atoms. The molecule has 16 heavy (non-hydrogen) atoms. The molecule has 1 heterocycles. The SMILES string of the molecule is O=S(=O)(N[C@H]1CCCO1)c1ccc(Cl)cc1. The van der Waals surface area contributed by atoms with Gasteiger partial charge in [-0.05, 0) is 37.1 Å². The summed E-state index contributed by atoms with van der Waals surface area (Å²) in [5.74, 6) is 0. The summed E-state index contributed by atoms with van der Waals surface area (Å²) in [5, 5.41) is 0.510. The Balaban J connectivity index is 2.14. The minimum absolute atomic E-state index is 0.201. The minimum Gasteiger partial charge on any atom is -0.362 e. The maximum absolute atomic E-state index is 11.9. The highest BCUT2D eigenvalue weighted by atomic mass is 35.5. The summed E-state index contributed by atoms with van der Waals surface area (Å²) in [4.78, 5) is 0.201. The van der Waals surface area contributed by atoms with Gasteiger partial charge in [0.25, 0.3) is 0 Å². The number of sulfonamides is 1. The topological polar surface area (TPSA) is 55.4 Å². The third-order valence-corrected chi connectivity index (χ3v) is 4.06. The van der Waals surface area contributed by atoms with Crippen LogP contribution in [0.1, 0.15) is 12.8 Å². The van der Waals surface area contributed by atoms with E-state index in [0.717, 1.165) is 6.42 Å². The van der Waals surface area contributed by atoms with E-state index in [9.17, 15) is 8.42 Å². The van der Waals surface area contributed by atoms with Crippen LogP contribution in [0.15, 0.2) is 29.2 Å². The Morgan fingerprint density at radius 2 is 2.00 bits per heavy atom. The maximum atomic E-state index is 11.9. The van der Waals surface area contributed by atoms with Crippen molar-refractivity contribution in [3.63, 3.8) is 0 Å². The van der Waals surface area contributed by atoms with Gasteiger partial charge in [0, 0.05) is 11.6 Å². The molecule has 0 aromatic heterocycles. The molecule has 2 rings (SSSR count). The summed E-state index contributed by atoms with van der Waals surface area (Å²) < 4.78 is 31.4. The van der Waals surface area contributed by atoms with Gasteiger partial charge in [0.2, 0.25) is 10.0 Å². The summed E-state index contributed by atoms with van der Waals surface area (Å²) in [6.07, 6.45) is 1.20. The monoisotopic (exact) mass is 261 g/mol. The van der Waals surface area contributed by atoms with E-state index < -0.39 is 16.3 Å². The molecule has 88 valence electrons. The summed E-state index contributed by atoms with van der Waals surface area (Å²) in [7, 11) is -3.49. The summed E-state index contributed by atoms with van der Waals surface area (Å²) in [6.45, 7) is 0.605. The van der Waals surface area contributed by atoms with Crippen molar-refractivity contribution in [3.05, 3.63) is 29.3 Å². The molecule has 0 saturated carbocycles. The van der Waals surface area contributed by atoms with Gasteiger partial charge in [-0.1, -0.05) is 11.6 Å². The van der Waals surface area contributed by atoms with Gasteiger partial charge in [0.1, 0.15) is 6.23 Å². The zero-order chi connectivity index (χ0) is 11.6. The van der Waals surface area contributed by atoms with Gasteiger partial charge in [-0.15, -0.1) is 0 Å². The zero-order valence-corrected chi connectivity index (χ0v) is 10.1. The van der Waals surface area contributed by atoms with E-state index in [0.29, 0.717) is 18.1 Å². The fourth-order valence-electron chi connectivity index (χ4n) is 1.53. The average molecular weight is 262 g/mol. The molecule has 0 aliphatic carbocycles. The molecule has 0 unspecified atom stereocenters. The number of benzene rings is 1. The number of halogens is 1. The Morgan fingerprint density at radius 1 is 1.31 bits per heavy atom. The van der Waals surface area contributed by atoms with Gasteiger partial charge in [-0.25, -0.2) is 8.42 Å². The van der Waals surface area contributed by atoms with E-state index in [4.69, 9.17) is 16.3 Å². The standard InChI is InChI=1S/C10H12ClNO3S/c11-8-3-5-9(6-4-8)16(13,14)12-10-2-1-7-15-10/h3-6,10,12H,1-2,7H2/t10-/m1/s1. The lowest BCUT2D eigenvalue weighted by molar-refractivity contribution is 0.103. The third-order valence-electron chi connectivity index (χ3n) is 2.34. The second-order valence-electron chi connectivity index (χ2n) is 3.58. The van der Waals surface area contributed by atoms with Crippen molar-refractivity contribution in [2.24, 2.45) is 0 Å². The Labute approximate surface area is 99.6 Å². The van der Waals surface area contributed by atoms with Crippen LogP contribution in [0.25, 0.3) is 0 Å². The first-order chi connectivity index (χ1) is 7.58. The van der Waals surface area contributed by atoms with Crippen LogP contribution in [0.2, 0.25) is 5.02 Å². The second kappa shape index (κ2) is 4.71. The van der Waals surface area contributed by atoms with Crippen LogP contribution in [0.4, 0.5) is 0 Å². The third kappa shape index (κ3) is 2.74. The Kier molecular flexibility index (Phi) is 3.49. The molecular formula is C10H12ClNO3S. The quantitative estimate of drug-likeness (QED) is 0.902. The molecule has 0 amide bonds. The lowest BCUT2D eigenvalue weighted by Gasteiger charge is -2.12. The lowest BCUT2D eigenvalue weighted by atomic mass is 10.3. The van der Waals surface area contributed by atoms with Crippen molar-refractivity contribution in [1.82, 2.24) is 4.72 Å². The smallest absolute Gasteiger partial charge is 0.242 e. The molecule has 1 saturated heterocycles. The average Bonchev–Trinajstić information content (AvgIpc) is 2.70. The summed E-state index contributed by atoms with van der Waals surface area (Å²) >= 11 is 5.69. The van der Waals surface area contributed by atoms with Crippen LogP contribution in [-0.2, 0) is 14.8 Å². The number of ether oxygens (including phenoxy) is 1. The van der Waals surface area contributed by atoms with Crippen molar-refractivity contribution < 1.29 is 13.2 Å². The summed E-state index contributed by atoms with van der Waals surface area (Å²) in [6, 6.07) is 6.04. The Hall–Kier alpha value is -0.620. The second-order valence-corrected chi connectivity index (χ2v) is 5.73. The number of rotatable bonds is 3. The van der Waals surface area contributed by atoms with Crippen molar-refractivity contribution >= 4 is 21.6 Å². The molecule has 1 aromatic carbocycles. The van der Waals surface area contributed by atoms with Crippen molar-refractivity contribution in [2.75, 3.05) is 6.61 Å². The zero-order valence-electron chi connectivity index (χ0n) is 8.52. The molecule has 0 radical (unpaired) electrons. The van der Waals surface area contributed by atoms with Gasteiger partial charge in [-0.3, -0.25) is 0 Å². The largest absolute Gasteiger partial charge is 0.362 e. The van der Waals surface area contributed by atoms with Crippen LogP contribution < -0.4 is 4.72 Å². The van der Waals surface area contributed by atoms with Crippen LogP contribution in [0.5, 0.6) is 0 Å². The molecule has 1 aliphatic rings. The number of nitrogens with one attached hydrogen (secondary N) is 1. The highest BCUT2D eigenvalue weighted by Gasteiger charge is 2.23. The van der Waals surface area contributed by atoms with E-state index >= 15 is 0 Å². The molecular weight excluding hydrogens is 250 g/mol. The van der Waals surface area contributed by atoms with E-state index in [1.165, 1.54) is 12.1 Å².